The van der Waals surface area contributed by atoms with Crippen molar-refractivity contribution in [1.29, 1.82) is 0 Å². The molecule has 0 spiro atoms. The molecule has 0 unspecified atom stereocenters. The quantitative estimate of drug-likeness (QED) is 0.620. The molecule has 1 heterocycles. The molecule has 0 saturated heterocycles. The summed E-state index contributed by atoms with van der Waals surface area (Å²) in [5.41, 5.74) is 2.55. The summed E-state index contributed by atoms with van der Waals surface area (Å²) < 4.78 is 0. The zero-order valence-corrected chi connectivity index (χ0v) is 16.4. The third-order valence-electron chi connectivity index (χ3n) is 4.07. The van der Waals surface area contributed by atoms with Gasteiger partial charge in [-0.2, -0.15) is 0 Å². The van der Waals surface area contributed by atoms with Crippen LogP contribution in [0.25, 0.3) is 0 Å². The van der Waals surface area contributed by atoms with Crippen molar-refractivity contribution >= 4 is 46.4 Å². The van der Waals surface area contributed by atoms with Crippen molar-refractivity contribution in [3.8, 4) is 0 Å². The Hall–Kier alpha value is -3.06. The van der Waals surface area contributed by atoms with Crippen LogP contribution in [0.4, 0.5) is 17.1 Å². The number of hydrogen-bond donors (Lipinski definition) is 4. The van der Waals surface area contributed by atoms with E-state index in [9.17, 15) is 9.59 Å². The van der Waals surface area contributed by atoms with E-state index in [-0.39, 0.29) is 17.7 Å². The molecule has 1 aliphatic rings. The molecule has 0 fully saturated rings. The van der Waals surface area contributed by atoms with Crippen LogP contribution in [0.3, 0.4) is 0 Å². The number of nitrogens with zero attached hydrogens (tertiary/aromatic N) is 1. The van der Waals surface area contributed by atoms with Crippen LogP contribution >= 0.6 is 11.6 Å². The number of benzene rings is 2. The molecular weight excluding hydrogens is 378 g/mol. The van der Waals surface area contributed by atoms with Crippen molar-refractivity contribution in [3.63, 3.8) is 0 Å². The minimum absolute atomic E-state index is 0.0492. The summed E-state index contributed by atoms with van der Waals surface area (Å²) in [7, 11) is 0. The number of hydrogen-bond acceptors (Lipinski definition) is 5. The van der Waals surface area contributed by atoms with E-state index >= 15 is 0 Å². The van der Waals surface area contributed by atoms with Gasteiger partial charge in [-0.1, -0.05) is 31.5 Å². The molecule has 2 aromatic rings. The summed E-state index contributed by atoms with van der Waals surface area (Å²) in [5.74, 6) is 0.0469. The van der Waals surface area contributed by atoms with Crippen molar-refractivity contribution in [1.82, 2.24) is 10.6 Å². The molecule has 2 amide bonds. The first-order valence-electron chi connectivity index (χ1n) is 8.99. The molecule has 2 aromatic carbocycles. The lowest BCUT2D eigenvalue weighted by Gasteiger charge is -2.13. The number of carbonyl (C=O) groups is 2. The van der Waals surface area contributed by atoms with Crippen LogP contribution in [0, 0.1) is 5.92 Å². The van der Waals surface area contributed by atoms with Gasteiger partial charge in [-0.15, -0.1) is 0 Å². The lowest BCUT2D eigenvalue weighted by atomic mass is 10.1. The Morgan fingerprint density at radius 2 is 1.89 bits per heavy atom. The number of aliphatic imine (C=N–C) groups is 1. The Balaban J connectivity index is 1.69. The summed E-state index contributed by atoms with van der Waals surface area (Å²) in [6.07, 6.45) is 0. The van der Waals surface area contributed by atoms with E-state index in [1.54, 1.807) is 18.2 Å². The number of rotatable bonds is 5. The Bertz CT molecular complexity index is 927. The van der Waals surface area contributed by atoms with E-state index in [2.05, 4.69) is 26.3 Å². The van der Waals surface area contributed by atoms with Crippen LogP contribution in [0.1, 0.15) is 24.2 Å². The Morgan fingerprint density at radius 3 is 2.57 bits per heavy atom. The van der Waals surface area contributed by atoms with Gasteiger partial charge in [-0.25, -0.2) is 0 Å². The molecule has 3 rings (SSSR count). The van der Waals surface area contributed by atoms with E-state index in [0.717, 1.165) is 12.2 Å². The molecule has 28 heavy (non-hydrogen) atoms. The summed E-state index contributed by atoms with van der Waals surface area (Å²) in [4.78, 5) is 28.3. The maximum absolute atomic E-state index is 12.3. The first-order valence-corrected chi connectivity index (χ1v) is 9.37. The second kappa shape index (κ2) is 8.75. The van der Waals surface area contributed by atoms with Gasteiger partial charge >= 0.3 is 0 Å². The van der Waals surface area contributed by atoms with Crippen LogP contribution in [0.5, 0.6) is 0 Å². The average molecular weight is 400 g/mol. The molecule has 0 atom stereocenters. The zero-order chi connectivity index (χ0) is 20.1. The van der Waals surface area contributed by atoms with Crippen molar-refractivity contribution < 1.29 is 9.59 Å². The number of guanidine groups is 1. The van der Waals surface area contributed by atoms with E-state index in [1.807, 2.05) is 38.1 Å². The molecule has 0 bridgehead atoms. The van der Waals surface area contributed by atoms with Gasteiger partial charge in [0.1, 0.15) is 0 Å². The molecule has 0 saturated carbocycles. The van der Waals surface area contributed by atoms with Gasteiger partial charge in [-0.05, 0) is 36.4 Å². The van der Waals surface area contributed by atoms with Crippen LogP contribution in [-0.4, -0.2) is 30.9 Å². The summed E-state index contributed by atoms with van der Waals surface area (Å²) >= 11 is 6.35. The molecular formula is C20H22ClN5O2. The third-order valence-corrected chi connectivity index (χ3v) is 4.38. The number of anilines is 3. The summed E-state index contributed by atoms with van der Waals surface area (Å²) in [5, 5.41) is 12.2. The van der Waals surface area contributed by atoms with Crippen molar-refractivity contribution in [2.24, 2.45) is 10.9 Å². The molecule has 0 aromatic heterocycles. The molecule has 4 N–H and O–H groups in total. The summed E-state index contributed by atoms with van der Waals surface area (Å²) in [6, 6.07) is 12.4. The average Bonchev–Trinajstić information content (AvgIpc) is 3.16. The van der Waals surface area contributed by atoms with Crippen LogP contribution < -0.4 is 21.3 Å². The maximum Gasteiger partial charge on any atom is 0.258 e. The highest BCUT2D eigenvalue weighted by atomic mass is 35.5. The molecule has 8 heteroatoms. The fourth-order valence-electron chi connectivity index (χ4n) is 2.54. The lowest BCUT2D eigenvalue weighted by molar-refractivity contribution is -0.118. The SMILES string of the molecule is CC(C)C(=O)Nc1cccc(Nc2ccc(C(=O)NC3=NCCN3)cc2Cl)c1. The Morgan fingerprint density at radius 1 is 1.11 bits per heavy atom. The number of halogens is 1. The smallest absolute Gasteiger partial charge is 0.258 e. The van der Waals surface area contributed by atoms with Gasteiger partial charge in [0.25, 0.3) is 5.91 Å². The largest absolute Gasteiger partial charge is 0.354 e. The third kappa shape index (κ3) is 5.01. The van der Waals surface area contributed by atoms with E-state index in [1.165, 1.54) is 0 Å². The van der Waals surface area contributed by atoms with Gasteiger partial charge in [0.15, 0.2) is 5.96 Å². The van der Waals surface area contributed by atoms with Gasteiger partial charge in [0.05, 0.1) is 17.3 Å². The second-order valence-corrected chi connectivity index (χ2v) is 7.06. The van der Waals surface area contributed by atoms with E-state index in [4.69, 9.17) is 11.6 Å². The fraction of sp³-hybridized carbons (Fsp3) is 0.250. The highest BCUT2D eigenvalue weighted by Crippen LogP contribution is 2.27. The van der Waals surface area contributed by atoms with Gasteiger partial charge in [0, 0.05) is 29.4 Å². The standard InChI is InChI=1S/C20H22ClN5O2/c1-12(2)18(27)25-15-5-3-4-14(11-15)24-17-7-6-13(10-16(17)21)19(28)26-20-22-8-9-23-20/h3-7,10-12,24H,8-9H2,1-2H3,(H,25,27)(H2,22,23,26,28). The van der Waals surface area contributed by atoms with Gasteiger partial charge in [0.2, 0.25) is 5.91 Å². The molecule has 0 radical (unpaired) electrons. The second-order valence-electron chi connectivity index (χ2n) is 6.66. The molecule has 1 aliphatic heterocycles. The van der Waals surface area contributed by atoms with E-state index < -0.39 is 0 Å². The van der Waals surface area contributed by atoms with Crippen molar-refractivity contribution in [3.05, 3.63) is 53.1 Å². The predicted molar refractivity (Wildman–Crippen MR) is 112 cm³/mol. The first-order chi connectivity index (χ1) is 13.4. The van der Waals surface area contributed by atoms with Crippen molar-refractivity contribution in [2.75, 3.05) is 23.7 Å². The van der Waals surface area contributed by atoms with E-state index in [0.29, 0.717) is 34.5 Å². The highest BCUT2D eigenvalue weighted by Gasteiger charge is 2.13. The molecule has 0 aliphatic carbocycles. The minimum Gasteiger partial charge on any atom is -0.354 e. The zero-order valence-electron chi connectivity index (χ0n) is 15.7. The monoisotopic (exact) mass is 399 g/mol. The van der Waals surface area contributed by atoms with Crippen LogP contribution in [-0.2, 0) is 4.79 Å². The Labute approximate surface area is 168 Å². The normalized spacial score (nSPS) is 12.9. The van der Waals surface area contributed by atoms with Gasteiger partial charge < -0.3 is 16.0 Å². The van der Waals surface area contributed by atoms with Crippen molar-refractivity contribution in [2.45, 2.75) is 13.8 Å². The minimum atomic E-state index is -0.278. The van der Waals surface area contributed by atoms with Crippen LogP contribution in [0.15, 0.2) is 47.5 Å². The predicted octanol–water partition coefficient (Wildman–Crippen LogP) is 3.37. The molecule has 146 valence electrons. The lowest BCUT2D eigenvalue weighted by Crippen LogP contribution is -2.38. The van der Waals surface area contributed by atoms with Crippen LogP contribution in [0.2, 0.25) is 5.02 Å². The number of carbonyl (C=O) groups excluding carboxylic acids is 2. The maximum atomic E-state index is 12.3. The molecule has 7 nitrogen and oxygen atoms in total. The summed E-state index contributed by atoms with van der Waals surface area (Å²) in [6.45, 7) is 5.04. The number of nitrogens with one attached hydrogen (secondary N) is 4. The first kappa shape index (κ1) is 19.7. The number of amides is 2. The topological polar surface area (TPSA) is 94.6 Å². The van der Waals surface area contributed by atoms with Gasteiger partial charge in [-0.3, -0.25) is 19.9 Å². The fourth-order valence-corrected chi connectivity index (χ4v) is 2.76. The highest BCUT2D eigenvalue weighted by molar-refractivity contribution is 6.33. The Kier molecular flexibility index (Phi) is 6.16.